The summed E-state index contributed by atoms with van der Waals surface area (Å²) in [5.41, 5.74) is 2.16. The number of hydrogen-bond acceptors (Lipinski definition) is 3. The van der Waals surface area contributed by atoms with E-state index >= 15 is 0 Å². The summed E-state index contributed by atoms with van der Waals surface area (Å²) in [5.74, 6) is 0. The van der Waals surface area contributed by atoms with Crippen molar-refractivity contribution in [3.05, 3.63) is 46.9 Å². The second-order valence-electron chi connectivity index (χ2n) is 2.96. The lowest BCUT2D eigenvalue weighted by atomic mass is 10.1. The predicted octanol–water partition coefficient (Wildman–Crippen LogP) is 2.68. The van der Waals surface area contributed by atoms with Crippen molar-refractivity contribution in [2.45, 2.75) is 0 Å². The minimum atomic E-state index is 0.576. The van der Waals surface area contributed by atoms with Gasteiger partial charge in [-0.25, -0.2) is 0 Å². The van der Waals surface area contributed by atoms with Gasteiger partial charge in [0.2, 0.25) is 0 Å². The van der Waals surface area contributed by atoms with Gasteiger partial charge >= 0.3 is 0 Å². The number of nitriles is 1. The quantitative estimate of drug-likeness (QED) is 0.741. The summed E-state index contributed by atoms with van der Waals surface area (Å²) in [5, 5.41) is 8.77. The molecule has 15 heavy (non-hydrogen) atoms. The highest BCUT2D eigenvalue weighted by atomic mass is 32.1. The zero-order chi connectivity index (χ0) is 10.7. The Labute approximate surface area is 92.0 Å². The fourth-order valence-electron chi connectivity index (χ4n) is 1.29. The van der Waals surface area contributed by atoms with Crippen LogP contribution in [0.4, 0.5) is 0 Å². The van der Waals surface area contributed by atoms with E-state index in [-0.39, 0.29) is 0 Å². The van der Waals surface area contributed by atoms with Gasteiger partial charge in [-0.1, -0.05) is 24.4 Å². The van der Waals surface area contributed by atoms with Gasteiger partial charge < -0.3 is 4.98 Å². The Hall–Kier alpha value is -1.99. The van der Waals surface area contributed by atoms with Crippen LogP contribution in [0.1, 0.15) is 5.56 Å². The van der Waals surface area contributed by atoms with Gasteiger partial charge in [0.05, 0.1) is 11.6 Å². The molecule has 1 aromatic heterocycles. The zero-order valence-electron chi connectivity index (χ0n) is 7.77. The summed E-state index contributed by atoms with van der Waals surface area (Å²) < 4.78 is 0.576. The summed E-state index contributed by atoms with van der Waals surface area (Å²) in [7, 11) is 0. The molecule has 0 aliphatic heterocycles. The molecule has 0 saturated heterocycles. The first-order valence-electron chi connectivity index (χ1n) is 4.35. The highest BCUT2D eigenvalue weighted by molar-refractivity contribution is 7.71. The van der Waals surface area contributed by atoms with Crippen molar-refractivity contribution in [2.75, 3.05) is 0 Å². The standard InChI is InChI=1S/C11H7N3S/c12-7-8-2-1-3-9(6-8)10-11(15)14-5-4-13-10/h1-6H,(H,14,15). The normalized spacial score (nSPS) is 9.53. The van der Waals surface area contributed by atoms with Crippen molar-refractivity contribution in [3.63, 3.8) is 0 Å². The second-order valence-corrected chi connectivity index (χ2v) is 3.37. The van der Waals surface area contributed by atoms with E-state index in [0.717, 1.165) is 5.56 Å². The molecule has 0 unspecified atom stereocenters. The van der Waals surface area contributed by atoms with Crippen molar-refractivity contribution in [1.29, 1.82) is 5.26 Å². The first-order chi connectivity index (χ1) is 7.31. The Morgan fingerprint density at radius 3 is 3.00 bits per heavy atom. The van der Waals surface area contributed by atoms with Gasteiger partial charge in [0.15, 0.2) is 0 Å². The van der Waals surface area contributed by atoms with Crippen molar-refractivity contribution in [1.82, 2.24) is 9.97 Å². The summed E-state index contributed by atoms with van der Waals surface area (Å²) >= 11 is 5.11. The predicted molar refractivity (Wildman–Crippen MR) is 59.6 cm³/mol. The van der Waals surface area contributed by atoms with Crippen LogP contribution in [0.3, 0.4) is 0 Å². The maximum atomic E-state index is 8.77. The molecular weight excluding hydrogens is 206 g/mol. The molecule has 0 bridgehead atoms. The molecule has 3 nitrogen and oxygen atoms in total. The van der Waals surface area contributed by atoms with E-state index in [9.17, 15) is 0 Å². The van der Waals surface area contributed by atoms with Crippen LogP contribution in [0, 0.1) is 16.0 Å². The number of rotatable bonds is 1. The van der Waals surface area contributed by atoms with E-state index in [4.69, 9.17) is 17.5 Å². The Kier molecular flexibility index (Phi) is 2.57. The third-order valence-electron chi connectivity index (χ3n) is 1.97. The van der Waals surface area contributed by atoms with Gasteiger partial charge in [-0.2, -0.15) is 5.26 Å². The van der Waals surface area contributed by atoms with Crippen molar-refractivity contribution in [3.8, 4) is 17.3 Å². The first kappa shape index (κ1) is 9.56. The minimum absolute atomic E-state index is 0.576. The summed E-state index contributed by atoms with van der Waals surface area (Å²) in [4.78, 5) is 7.08. The molecule has 0 saturated carbocycles. The fraction of sp³-hybridized carbons (Fsp3) is 0. The number of benzene rings is 1. The molecule has 1 heterocycles. The SMILES string of the molecule is N#Cc1cccc(-c2ncc[nH]c2=S)c1. The molecular formula is C11H7N3S. The van der Waals surface area contributed by atoms with E-state index in [2.05, 4.69) is 16.0 Å². The van der Waals surface area contributed by atoms with Gasteiger partial charge in [-0.15, -0.1) is 0 Å². The summed E-state index contributed by atoms with van der Waals surface area (Å²) in [6.45, 7) is 0. The maximum absolute atomic E-state index is 8.77. The van der Waals surface area contributed by atoms with Gasteiger partial charge in [0.1, 0.15) is 10.3 Å². The third kappa shape index (κ3) is 1.92. The molecule has 4 heteroatoms. The molecule has 0 spiro atoms. The summed E-state index contributed by atoms with van der Waals surface area (Å²) in [6, 6.07) is 9.30. The lowest BCUT2D eigenvalue weighted by molar-refractivity contribution is 1.18. The number of nitrogens with one attached hydrogen (secondary N) is 1. The molecule has 0 atom stereocenters. The number of aromatic nitrogens is 2. The number of H-pyrrole nitrogens is 1. The average Bonchev–Trinajstić information content (AvgIpc) is 2.30. The topological polar surface area (TPSA) is 52.5 Å². The molecule has 1 N–H and O–H groups in total. The van der Waals surface area contributed by atoms with Crippen molar-refractivity contribution >= 4 is 12.2 Å². The Bertz CT molecular complexity index is 581. The molecule has 2 aromatic rings. The largest absolute Gasteiger partial charge is 0.350 e. The van der Waals surface area contributed by atoms with Crippen LogP contribution >= 0.6 is 12.2 Å². The van der Waals surface area contributed by atoms with Gasteiger partial charge in [-0.3, -0.25) is 4.98 Å². The lowest BCUT2D eigenvalue weighted by Crippen LogP contribution is -1.87. The number of nitrogens with zero attached hydrogens (tertiary/aromatic N) is 2. The fourth-order valence-corrected chi connectivity index (χ4v) is 1.53. The molecule has 2 rings (SSSR count). The molecule has 0 aliphatic rings. The van der Waals surface area contributed by atoms with E-state index in [0.29, 0.717) is 15.9 Å². The Morgan fingerprint density at radius 2 is 2.27 bits per heavy atom. The van der Waals surface area contributed by atoms with Crippen LogP contribution in [-0.4, -0.2) is 9.97 Å². The van der Waals surface area contributed by atoms with Crippen LogP contribution in [-0.2, 0) is 0 Å². The molecule has 72 valence electrons. The van der Waals surface area contributed by atoms with Crippen LogP contribution in [0.15, 0.2) is 36.7 Å². The summed E-state index contributed by atoms with van der Waals surface area (Å²) in [6.07, 6.45) is 3.32. The highest BCUT2D eigenvalue weighted by Crippen LogP contribution is 2.17. The van der Waals surface area contributed by atoms with Gasteiger partial charge in [0, 0.05) is 18.0 Å². The molecule has 0 radical (unpaired) electrons. The van der Waals surface area contributed by atoms with Crippen molar-refractivity contribution in [2.24, 2.45) is 0 Å². The van der Waals surface area contributed by atoms with E-state index < -0.39 is 0 Å². The third-order valence-corrected chi connectivity index (χ3v) is 2.28. The number of aromatic amines is 1. The van der Waals surface area contributed by atoms with E-state index in [1.807, 2.05) is 12.1 Å². The number of hydrogen-bond donors (Lipinski definition) is 1. The van der Waals surface area contributed by atoms with Crippen LogP contribution in [0.25, 0.3) is 11.3 Å². The molecule has 0 amide bonds. The van der Waals surface area contributed by atoms with E-state index in [1.54, 1.807) is 24.5 Å². The van der Waals surface area contributed by atoms with Gasteiger partial charge in [0.25, 0.3) is 0 Å². The van der Waals surface area contributed by atoms with Crippen LogP contribution in [0.5, 0.6) is 0 Å². The molecule has 0 fully saturated rings. The zero-order valence-corrected chi connectivity index (χ0v) is 8.58. The molecule has 1 aromatic carbocycles. The highest BCUT2D eigenvalue weighted by Gasteiger charge is 2.01. The minimum Gasteiger partial charge on any atom is -0.350 e. The van der Waals surface area contributed by atoms with E-state index in [1.165, 1.54) is 0 Å². The van der Waals surface area contributed by atoms with Gasteiger partial charge in [-0.05, 0) is 12.1 Å². The van der Waals surface area contributed by atoms with Crippen molar-refractivity contribution < 1.29 is 0 Å². The molecule has 0 aliphatic carbocycles. The smallest absolute Gasteiger partial charge is 0.129 e. The van der Waals surface area contributed by atoms with Crippen LogP contribution < -0.4 is 0 Å². The monoisotopic (exact) mass is 213 g/mol. The Morgan fingerprint density at radius 1 is 1.40 bits per heavy atom. The lowest BCUT2D eigenvalue weighted by Gasteiger charge is -2.00. The average molecular weight is 213 g/mol. The first-order valence-corrected chi connectivity index (χ1v) is 4.76. The van der Waals surface area contributed by atoms with Crippen LogP contribution in [0.2, 0.25) is 0 Å². The Balaban J connectivity index is 2.61. The maximum Gasteiger partial charge on any atom is 0.129 e. The second kappa shape index (κ2) is 4.03.